The molecule has 2 nitrogen and oxygen atoms in total. The molecule has 94 valence electrons. The van der Waals surface area contributed by atoms with Crippen molar-refractivity contribution >= 4 is 19.4 Å². The summed E-state index contributed by atoms with van der Waals surface area (Å²) in [6.07, 6.45) is -0.416. The molecule has 0 radical (unpaired) electrons. The Hall–Kier alpha value is -1.28. The molecule has 0 aliphatic carbocycles. The number of methoxy groups -OCH3 is 1. The second-order valence-corrected chi connectivity index (χ2v) is 6.21. The molecule has 1 atom stereocenters. The molecule has 0 fully saturated rings. The predicted octanol–water partition coefficient (Wildman–Crippen LogP) is 2.18. The third kappa shape index (κ3) is 3.61. The third-order valence-corrected chi connectivity index (χ3v) is 4.91. The number of hydrogen-bond acceptors (Lipinski definition) is 2. The summed E-state index contributed by atoms with van der Waals surface area (Å²) in [5, 5.41) is 10.9. The summed E-state index contributed by atoms with van der Waals surface area (Å²) >= 11 is 0.295. The average molecular weight is 307 g/mol. The zero-order chi connectivity index (χ0) is 12.8. The summed E-state index contributed by atoms with van der Waals surface area (Å²) in [5.74, 6) is 0.791. The Balaban J connectivity index is 1.97. The monoisotopic (exact) mass is 308 g/mol. The van der Waals surface area contributed by atoms with Crippen LogP contribution in [0.5, 0.6) is 5.75 Å². The van der Waals surface area contributed by atoms with Crippen LogP contribution >= 0.6 is 0 Å². The second-order valence-electron chi connectivity index (χ2n) is 3.92. The first kappa shape index (κ1) is 13.2. The van der Waals surface area contributed by atoms with Crippen LogP contribution in [0, 0.1) is 0 Å². The molecule has 18 heavy (non-hydrogen) atoms. The van der Waals surface area contributed by atoms with Gasteiger partial charge in [-0.3, -0.25) is 0 Å². The number of benzene rings is 2. The summed E-state index contributed by atoms with van der Waals surface area (Å²) < 4.78 is 6.47. The van der Waals surface area contributed by atoms with E-state index in [9.17, 15) is 5.11 Å². The van der Waals surface area contributed by atoms with Crippen molar-refractivity contribution in [2.45, 2.75) is 11.4 Å². The molecule has 0 aliphatic heterocycles. The van der Waals surface area contributed by atoms with E-state index in [0.717, 1.165) is 16.6 Å². The molecule has 1 unspecified atom stereocenters. The molecule has 0 saturated heterocycles. The van der Waals surface area contributed by atoms with Gasteiger partial charge in [0, 0.05) is 0 Å². The van der Waals surface area contributed by atoms with Gasteiger partial charge in [0.1, 0.15) is 0 Å². The maximum absolute atomic E-state index is 10.2. The molecule has 2 rings (SSSR count). The Morgan fingerprint density at radius 3 is 2.61 bits per heavy atom. The molecule has 3 heteroatoms. The van der Waals surface area contributed by atoms with Crippen LogP contribution in [0.3, 0.4) is 0 Å². The molecule has 0 bridgehead atoms. The Bertz CT molecular complexity index is 485. The molecule has 0 aliphatic rings. The molecular formula is C15H16O2Se. The van der Waals surface area contributed by atoms with Crippen molar-refractivity contribution in [3.8, 4) is 5.75 Å². The van der Waals surface area contributed by atoms with Crippen LogP contribution in [0.15, 0.2) is 54.6 Å². The molecule has 0 spiro atoms. The third-order valence-electron chi connectivity index (χ3n) is 2.63. The van der Waals surface area contributed by atoms with Gasteiger partial charge in [-0.15, -0.1) is 0 Å². The molecule has 0 heterocycles. The second kappa shape index (κ2) is 6.60. The van der Waals surface area contributed by atoms with Crippen molar-refractivity contribution in [2.24, 2.45) is 0 Å². The zero-order valence-electron chi connectivity index (χ0n) is 10.2. The van der Waals surface area contributed by atoms with Crippen LogP contribution < -0.4 is 9.20 Å². The van der Waals surface area contributed by atoms with Crippen molar-refractivity contribution in [3.63, 3.8) is 0 Å². The molecule has 2 aromatic carbocycles. The Morgan fingerprint density at radius 2 is 1.89 bits per heavy atom. The van der Waals surface area contributed by atoms with Gasteiger partial charge >= 0.3 is 114 Å². The van der Waals surface area contributed by atoms with Crippen molar-refractivity contribution in [1.82, 2.24) is 0 Å². The molecule has 2 aromatic rings. The van der Waals surface area contributed by atoms with Gasteiger partial charge in [0.25, 0.3) is 0 Å². The summed E-state index contributed by atoms with van der Waals surface area (Å²) in [5.41, 5.74) is 0.923. The van der Waals surface area contributed by atoms with Gasteiger partial charge in [-0.25, -0.2) is 0 Å². The SMILES string of the molecule is COc1cccc(C(O)C[Se]c2ccccc2)c1. The van der Waals surface area contributed by atoms with E-state index in [2.05, 4.69) is 12.1 Å². The molecular weight excluding hydrogens is 291 g/mol. The first-order valence-electron chi connectivity index (χ1n) is 5.79. The summed E-state index contributed by atoms with van der Waals surface area (Å²) in [4.78, 5) is 0. The van der Waals surface area contributed by atoms with E-state index >= 15 is 0 Å². The van der Waals surface area contributed by atoms with Crippen molar-refractivity contribution < 1.29 is 9.84 Å². The van der Waals surface area contributed by atoms with Crippen LogP contribution in [-0.2, 0) is 0 Å². The summed E-state index contributed by atoms with van der Waals surface area (Å²) in [6.45, 7) is 0. The molecule has 1 N–H and O–H groups in total. The van der Waals surface area contributed by atoms with E-state index in [1.54, 1.807) is 7.11 Å². The van der Waals surface area contributed by atoms with E-state index in [-0.39, 0.29) is 0 Å². The van der Waals surface area contributed by atoms with Crippen molar-refractivity contribution in [2.75, 3.05) is 7.11 Å². The van der Waals surface area contributed by atoms with Crippen LogP contribution in [-0.4, -0.2) is 27.2 Å². The number of ether oxygens (including phenoxy) is 1. The van der Waals surface area contributed by atoms with E-state index in [0.29, 0.717) is 15.0 Å². The maximum atomic E-state index is 10.2. The van der Waals surface area contributed by atoms with E-state index < -0.39 is 6.10 Å². The topological polar surface area (TPSA) is 29.5 Å². The van der Waals surface area contributed by atoms with E-state index in [1.165, 1.54) is 4.46 Å². The van der Waals surface area contributed by atoms with Crippen molar-refractivity contribution in [3.05, 3.63) is 60.2 Å². The first-order valence-corrected chi connectivity index (χ1v) is 7.86. The van der Waals surface area contributed by atoms with Gasteiger partial charge in [0.05, 0.1) is 0 Å². The van der Waals surface area contributed by atoms with Gasteiger partial charge in [0.2, 0.25) is 0 Å². The minimum absolute atomic E-state index is 0.295. The quantitative estimate of drug-likeness (QED) is 0.858. The average Bonchev–Trinajstić information content (AvgIpc) is 2.46. The van der Waals surface area contributed by atoms with Crippen LogP contribution in [0.2, 0.25) is 5.32 Å². The number of hydrogen-bond donors (Lipinski definition) is 1. The predicted molar refractivity (Wildman–Crippen MR) is 74.6 cm³/mol. The summed E-state index contributed by atoms with van der Waals surface area (Å²) in [7, 11) is 1.64. The minimum atomic E-state index is -0.416. The number of rotatable bonds is 5. The standard InChI is InChI=1S/C15H16O2Se/c1-17-13-7-5-6-12(10-13)15(16)11-18-14-8-3-2-4-9-14/h2-10,15-16H,11H2,1H3. The van der Waals surface area contributed by atoms with Gasteiger partial charge in [0.15, 0.2) is 0 Å². The van der Waals surface area contributed by atoms with Crippen LogP contribution in [0.25, 0.3) is 0 Å². The fraction of sp³-hybridized carbons (Fsp3) is 0.200. The van der Waals surface area contributed by atoms with Crippen LogP contribution in [0.4, 0.5) is 0 Å². The fourth-order valence-electron chi connectivity index (χ4n) is 1.64. The molecule has 0 amide bonds. The van der Waals surface area contributed by atoms with Gasteiger partial charge in [-0.2, -0.15) is 0 Å². The van der Waals surface area contributed by atoms with Gasteiger partial charge in [-0.05, 0) is 0 Å². The molecule has 0 aromatic heterocycles. The van der Waals surface area contributed by atoms with Crippen LogP contribution in [0.1, 0.15) is 11.7 Å². The zero-order valence-corrected chi connectivity index (χ0v) is 12.0. The Labute approximate surface area is 114 Å². The number of aliphatic hydroxyl groups is 1. The van der Waals surface area contributed by atoms with Crippen molar-refractivity contribution in [1.29, 1.82) is 0 Å². The fourth-order valence-corrected chi connectivity index (χ4v) is 3.51. The summed E-state index contributed by atoms with van der Waals surface area (Å²) in [6, 6.07) is 17.9. The van der Waals surface area contributed by atoms with E-state index in [1.807, 2.05) is 42.5 Å². The van der Waals surface area contributed by atoms with Gasteiger partial charge in [-0.1, -0.05) is 0 Å². The molecule has 0 saturated carbocycles. The first-order chi connectivity index (χ1) is 8.79. The Morgan fingerprint density at radius 1 is 1.11 bits per heavy atom. The number of aliphatic hydroxyl groups excluding tert-OH is 1. The van der Waals surface area contributed by atoms with E-state index in [4.69, 9.17) is 4.74 Å². The Kier molecular flexibility index (Phi) is 4.82. The van der Waals surface area contributed by atoms with Gasteiger partial charge < -0.3 is 0 Å². The normalized spacial score (nSPS) is 12.1.